The zero-order valence-electron chi connectivity index (χ0n) is 11.5. The van der Waals surface area contributed by atoms with Crippen LogP contribution in [0.25, 0.3) is 0 Å². The predicted molar refractivity (Wildman–Crippen MR) is 87.8 cm³/mol. The molecule has 0 nitrogen and oxygen atoms in total. The van der Waals surface area contributed by atoms with Crippen molar-refractivity contribution in [1.82, 2.24) is 0 Å². The molecular formula is C17H20S2. The number of hydrogen-bond donors (Lipinski definition) is 0. The molecule has 2 heteroatoms. The van der Waals surface area contributed by atoms with E-state index < -0.39 is 0 Å². The summed E-state index contributed by atoms with van der Waals surface area (Å²) in [5.74, 6) is 0.690. The summed E-state index contributed by atoms with van der Waals surface area (Å²) in [4.78, 5) is 2.72. The first kappa shape index (κ1) is 14.5. The summed E-state index contributed by atoms with van der Waals surface area (Å²) < 4.78 is 0.565. The normalized spacial score (nSPS) is 12.6. The molecule has 100 valence electrons. The third kappa shape index (κ3) is 4.63. The highest BCUT2D eigenvalue weighted by atomic mass is 32.2. The molecule has 0 saturated carbocycles. The van der Waals surface area contributed by atoms with E-state index in [1.165, 1.54) is 16.2 Å². The van der Waals surface area contributed by atoms with Crippen LogP contribution in [0.3, 0.4) is 0 Å². The Morgan fingerprint density at radius 2 is 1.21 bits per heavy atom. The van der Waals surface area contributed by atoms with Crippen molar-refractivity contribution in [3.05, 3.63) is 60.7 Å². The van der Waals surface area contributed by atoms with Crippen LogP contribution < -0.4 is 0 Å². The second-order valence-electron chi connectivity index (χ2n) is 4.62. The molecule has 0 amide bonds. The molecule has 0 fully saturated rings. The van der Waals surface area contributed by atoms with Gasteiger partial charge in [-0.25, -0.2) is 0 Å². The molecule has 0 N–H and O–H groups in total. The standard InChI is InChI=1S/C17H20S2/c1-3-14(2)17(18-15-10-6-4-7-11-15)19-16-12-8-5-9-13-16/h4-14,17H,3H2,1-2H3. The van der Waals surface area contributed by atoms with E-state index in [2.05, 4.69) is 74.5 Å². The Balaban J connectivity index is 2.08. The molecule has 0 saturated heterocycles. The molecule has 0 heterocycles. The smallest absolute Gasteiger partial charge is 0.0622 e. The van der Waals surface area contributed by atoms with E-state index in [-0.39, 0.29) is 0 Å². The van der Waals surface area contributed by atoms with Crippen LogP contribution in [0.1, 0.15) is 20.3 Å². The third-order valence-corrected chi connectivity index (χ3v) is 6.16. The topological polar surface area (TPSA) is 0 Å². The van der Waals surface area contributed by atoms with Gasteiger partial charge in [0.15, 0.2) is 0 Å². The van der Waals surface area contributed by atoms with Crippen LogP contribution in [0, 0.1) is 5.92 Å². The number of hydrogen-bond acceptors (Lipinski definition) is 2. The molecule has 0 aliphatic rings. The summed E-state index contributed by atoms with van der Waals surface area (Å²) in [6, 6.07) is 21.4. The van der Waals surface area contributed by atoms with Gasteiger partial charge in [-0.15, -0.1) is 23.5 Å². The van der Waals surface area contributed by atoms with Crippen LogP contribution in [0.4, 0.5) is 0 Å². The Morgan fingerprint density at radius 3 is 1.58 bits per heavy atom. The Kier molecular flexibility index (Phi) is 5.87. The van der Waals surface area contributed by atoms with Gasteiger partial charge in [0.1, 0.15) is 0 Å². The van der Waals surface area contributed by atoms with Gasteiger partial charge in [-0.2, -0.15) is 0 Å². The largest absolute Gasteiger partial charge is 0.111 e. The highest BCUT2D eigenvalue weighted by Gasteiger charge is 2.18. The van der Waals surface area contributed by atoms with Gasteiger partial charge in [0, 0.05) is 9.79 Å². The average molecular weight is 288 g/mol. The summed E-state index contributed by atoms with van der Waals surface area (Å²) in [5.41, 5.74) is 0. The molecular weight excluding hydrogens is 268 g/mol. The highest BCUT2D eigenvalue weighted by molar-refractivity contribution is 8.17. The van der Waals surface area contributed by atoms with Crippen molar-refractivity contribution < 1.29 is 0 Å². The van der Waals surface area contributed by atoms with Gasteiger partial charge < -0.3 is 0 Å². The SMILES string of the molecule is CCC(C)C(Sc1ccccc1)Sc1ccccc1. The minimum Gasteiger partial charge on any atom is -0.111 e. The lowest BCUT2D eigenvalue weighted by Crippen LogP contribution is -2.09. The molecule has 0 aliphatic heterocycles. The van der Waals surface area contributed by atoms with Crippen LogP contribution >= 0.6 is 23.5 Å². The summed E-state index contributed by atoms with van der Waals surface area (Å²) in [7, 11) is 0. The van der Waals surface area contributed by atoms with Gasteiger partial charge in [0.25, 0.3) is 0 Å². The number of thioether (sulfide) groups is 2. The zero-order valence-corrected chi connectivity index (χ0v) is 13.1. The van der Waals surface area contributed by atoms with Crippen LogP contribution in [-0.4, -0.2) is 4.58 Å². The van der Waals surface area contributed by atoms with Crippen molar-refractivity contribution in [3.8, 4) is 0 Å². The van der Waals surface area contributed by atoms with Crippen LogP contribution in [0.5, 0.6) is 0 Å². The molecule has 0 spiro atoms. The Labute approximate surface area is 125 Å². The van der Waals surface area contributed by atoms with E-state index in [4.69, 9.17) is 0 Å². The molecule has 0 radical (unpaired) electrons. The van der Waals surface area contributed by atoms with E-state index in [9.17, 15) is 0 Å². The monoisotopic (exact) mass is 288 g/mol. The molecule has 2 rings (SSSR count). The molecule has 2 aromatic rings. The maximum Gasteiger partial charge on any atom is 0.0622 e. The van der Waals surface area contributed by atoms with Gasteiger partial charge in [-0.1, -0.05) is 56.7 Å². The fraction of sp³-hybridized carbons (Fsp3) is 0.294. The fourth-order valence-electron chi connectivity index (χ4n) is 1.72. The molecule has 0 bridgehead atoms. The Hall–Kier alpha value is -0.860. The van der Waals surface area contributed by atoms with E-state index >= 15 is 0 Å². The minimum atomic E-state index is 0.565. The minimum absolute atomic E-state index is 0.565. The Bertz CT molecular complexity index is 426. The molecule has 19 heavy (non-hydrogen) atoms. The van der Waals surface area contributed by atoms with E-state index in [0.717, 1.165) is 0 Å². The fourth-order valence-corrected chi connectivity index (χ4v) is 4.59. The number of rotatable bonds is 6. The maximum absolute atomic E-state index is 2.34. The molecule has 0 aromatic heterocycles. The van der Waals surface area contributed by atoms with Gasteiger partial charge in [-0.3, -0.25) is 0 Å². The molecule has 0 aliphatic carbocycles. The van der Waals surface area contributed by atoms with Crippen LogP contribution in [-0.2, 0) is 0 Å². The highest BCUT2D eigenvalue weighted by Crippen LogP contribution is 2.40. The predicted octanol–water partition coefficient (Wildman–Crippen LogP) is 5.94. The molecule has 1 unspecified atom stereocenters. The van der Waals surface area contributed by atoms with Crippen molar-refractivity contribution in [3.63, 3.8) is 0 Å². The second-order valence-corrected chi connectivity index (χ2v) is 7.34. The average Bonchev–Trinajstić information content (AvgIpc) is 2.48. The van der Waals surface area contributed by atoms with Crippen molar-refractivity contribution in [2.75, 3.05) is 0 Å². The zero-order chi connectivity index (χ0) is 13.5. The van der Waals surface area contributed by atoms with E-state index in [1.54, 1.807) is 0 Å². The van der Waals surface area contributed by atoms with Gasteiger partial charge >= 0.3 is 0 Å². The van der Waals surface area contributed by atoms with Gasteiger partial charge in [-0.05, 0) is 30.2 Å². The number of benzene rings is 2. The lowest BCUT2D eigenvalue weighted by molar-refractivity contribution is 0.614. The lowest BCUT2D eigenvalue weighted by atomic mass is 10.2. The first-order valence-corrected chi connectivity index (χ1v) is 8.49. The van der Waals surface area contributed by atoms with E-state index in [1.807, 2.05) is 23.5 Å². The summed E-state index contributed by atoms with van der Waals surface area (Å²) in [5, 5.41) is 0. The summed E-state index contributed by atoms with van der Waals surface area (Å²) in [6.07, 6.45) is 1.21. The lowest BCUT2D eigenvalue weighted by Gasteiger charge is -2.22. The third-order valence-electron chi connectivity index (χ3n) is 3.10. The first-order valence-electron chi connectivity index (χ1n) is 6.73. The van der Waals surface area contributed by atoms with Gasteiger partial charge in [0.2, 0.25) is 0 Å². The van der Waals surface area contributed by atoms with E-state index in [0.29, 0.717) is 10.5 Å². The van der Waals surface area contributed by atoms with Crippen molar-refractivity contribution in [1.29, 1.82) is 0 Å². The van der Waals surface area contributed by atoms with Crippen molar-refractivity contribution in [2.45, 2.75) is 34.6 Å². The van der Waals surface area contributed by atoms with Gasteiger partial charge in [0.05, 0.1) is 4.58 Å². The first-order chi connectivity index (χ1) is 9.29. The van der Waals surface area contributed by atoms with Crippen molar-refractivity contribution >= 4 is 23.5 Å². The Morgan fingerprint density at radius 1 is 0.789 bits per heavy atom. The quantitative estimate of drug-likeness (QED) is 0.476. The summed E-state index contributed by atoms with van der Waals surface area (Å²) in [6.45, 7) is 4.62. The van der Waals surface area contributed by atoms with Crippen LogP contribution in [0.15, 0.2) is 70.5 Å². The second kappa shape index (κ2) is 7.66. The molecule has 1 atom stereocenters. The maximum atomic E-state index is 2.34. The van der Waals surface area contributed by atoms with Crippen molar-refractivity contribution in [2.24, 2.45) is 5.92 Å². The summed E-state index contributed by atoms with van der Waals surface area (Å²) >= 11 is 3.96. The van der Waals surface area contributed by atoms with Crippen LogP contribution in [0.2, 0.25) is 0 Å². The molecule has 2 aromatic carbocycles.